The average molecular weight is 410 g/mol. The van der Waals surface area contributed by atoms with Crippen molar-refractivity contribution in [2.75, 3.05) is 13.1 Å². The van der Waals surface area contributed by atoms with Gasteiger partial charge in [-0.25, -0.2) is 0 Å². The first kappa shape index (κ1) is 20.4. The van der Waals surface area contributed by atoms with E-state index < -0.39 is 0 Å². The van der Waals surface area contributed by atoms with Crippen LogP contribution < -0.4 is 5.32 Å². The van der Waals surface area contributed by atoms with Gasteiger partial charge in [0.2, 0.25) is 5.91 Å². The molecule has 0 aromatic carbocycles. The van der Waals surface area contributed by atoms with Crippen molar-refractivity contribution in [1.29, 1.82) is 0 Å². The number of rotatable bonds is 5. The van der Waals surface area contributed by atoms with Crippen molar-refractivity contribution < 1.29 is 9.32 Å². The van der Waals surface area contributed by atoms with Crippen LogP contribution in [-0.2, 0) is 11.3 Å². The lowest BCUT2D eigenvalue weighted by Crippen LogP contribution is -2.40. The van der Waals surface area contributed by atoms with Crippen molar-refractivity contribution in [3.63, 3.8) is 0 Å². The highest BCUT2D eigenvalue weighted by atomic mass is 35.5. The minimum Gasteiger partial charge on any atom is -0.361 e. The molecule has 1 saturated heterocycles. The molecule has 1 aliphatic heterocycles. The molecule has 2 fully saturated rings. The van der Waals surface area contributed by atoms with Crippen molar-refractivity contribution in [1.82, 2.24) is 15.4 Å². The van der Waals surface area contributed by atoms with Crippen LogP contribution in [0.1, 0.15) is 54.7 Å². The fraction of sp³-hybridized carbons (Fsp3) is 0.600. The van der Waals surface area contributed by atoms with Gasteiger partial charge >= 0.3 is 0 Å². The number of halogens is 1. The molecule has 4 rings (SSSR count). The van der Waals surface area contributed by atoms with Crippen molar-refractivity contribution in [3.8, 4) is 0 Å². The van der Waals surface area contributed by atoms with Gasteiger partial charge in [-0.05, 0) is 80.9 Å². The maximum atomic E-state index is 13.5. The number of thiophene rings is 1. The summed E-state index contributed by atoms with van der Waals surface area (Å²) in [4.78, 5) is 15.7. The molecular weight excluding hydrogens is 382 g/mol. The zero-order valence-electron chi connectivity index (χ0n) is 16.2. The molecule has 2 aliphatic rings. The molecule has 1 spiro atoms. The van der Waals surface area contributed by atoms with E-state index >= 15 is 0 Å². The third-order valence-electron chi connectivity index (χ3n) is 6.23. The van der Waals surface area contributed by atoms with Gasteiger partial charge in [0.05, 0.1) is 11.6 Å². The van der Waals surface area contributed by atoms with E-state index in [0.717, 1.165) is 36.5 Å². The highest BCUT2D eigenvalue weighted by Crippen LogP contribution is 2.56. The van der Waals surface area contributed by atoms with Gasteiger partial charge in [0.25, 0.3) is 0 Å². The van der Waals surface area contributed by atoms with Crippen LogP contribution in [0.25, 0.3) is 0 Å². The van der Waals surface area contributed by atoms with Crippen LogP contribution in [0.15, 0.2) is 21.3 Å². The topological polar surface area (TPSA) is 58.4 Å². The predicted molar refractivity (Wildman–Crippen MR) is 109 cm³/mol. The lowest BCUT2D eigenvalue weighted by Gasteiger charge is -2.31. The van der Waals surface area contributed by atoms with Gasteiger partial charge < -0.3 is 14.7 Å². The lowest BCUT2D eigenvalue weighted by molar-refractivity contribution is -0.134. The van der Waals surface area contributed by atoms with Gasteiger partial charge in [-0.1, -0.05) is 5.16 Å². The summed E-state index contributed by atoms with van der Waals surface area (Å²) in [5.41, 5.74) is 3.33. The Hall–Kier alpha value is -1.37. The molecule has 148 valence electrons. The van der Waals surface area contributed by atoms with Crippen molar-refractivity contribution >= 4 is 29.7 Å². The van der Waals surface area contributed by atoms with Gasteiger partial charge in [-0.15, -0.1) is 12.4 Å². The molecule has 1 aliphatic carbocycles. The number of nitrogens with zero attached hydrogens (tertiary/aromatic N) is 2. The summed E-state index contributed by atoms with van der Waals surface area (Å²) in [6.45, 7) is 8.65. The summed E-state index contributed by atoms with van der Waals surface area (Å²) in [6.07, 6.45) is 3.48. The summed E-state index contributed by atoms with van der Waals surface area (Å²) < 4.78 is 5.31. The van der Waals surface area contributed by atoms with Crippen LogP contribution in [-0.4, -0.2) is 35.1 Å². The summed E-state index contributed by atoms with van der Waals surface area (Å²) in [5.74, 6) is 0.733. The molecule has 27 heavy (non-hydrogen) atoms. The third kappa shape index (κ3) is 3.80. The number of carbonyl (C=O) groups excluding carboxylic acids is 1. The lowest BCUT2D eigenvalue weighted by atomic mass is 9.92. The first-order valence-electron chi connectivity index (χ1n) is 9.47. The fourth-order valence-electron chi connectivity index (χ4n) is 4.63. The van der Waals surface area contributed by atoms with Gasteiger partial charge in [0.15, 0.2) is 0 Å². The molecule has 2 unspecified atom stereocenters. The van der Waals surface area contributed by atoms with E-state index in [-0.39, 0.29) is 24.2 Å². The Kier molecular flexibility index (Phi) is 5.99. The van der Waals surface area contributed by atoms with Crippen molar-refractivity contribution in [3.05, 3.63) is 39.4 Å². The summed E-state index contributed by atoms with van der Waals surface area (Å²) in [7, 11) is 0. The minimum absolute atomic E-state index is 0. The molecule has 1 saturated carbocycles. The number of carbonyl (C=O) groups is 1. The second kappa shape index (κ2) is 7.94. The van der Waals surface area contributed by atoms with E-state index in [1.165, 1.54) is 18.4 Å². The molecular formula is C20H28ClN3O2S. The van der Waals surface area contributed by atoms with E-state index in [1.54, 1.807) is 11.3 Å². The maximum Gasteiger partial charge on any atom is 0.230 e. The molecule has 0 bridgehead atoms. The molecule has 7 heteroatoms. The van der Waals surface area contributed by atoms with Crippen molar-refractivity contribution in [2.45, 2.75) is 58.5 Å². The molecule has 5 nitrogen and oxygen atoms in total. The van der Waals surface area contributed by atoms with Gasteiger partial charge in [0, 0.05) is 18.2 Å². The van der Waals surface area contributed by atoms with E-state index in [2.05, 4.69) is 32.2 Å². The van der Waals surface area contributed by atoms with E-state index in [0.29, 0.717) is 18.0 Å². The zero-order chi connectivity index (χ0) is 18.3. The number of amides is 1. The zero-order valence-corrected chi connectivity index (χ0v) is 17.8. The molecule has 3 heterocycles. The number of nitrogens with one attached hydrogen (secondary N) is 1. The monoisotopic (exact) mass is 409 g/mol. The van der Waals surface area contributed by atoms with Crippen LogP contribution >= 0.6 is 23.7 Å². The summed E-state index contributed by atoms with van der Waals surface area (Å²) in [5, 5.41) is 11.7. The van der Waals surface area contributed by atoms with E-state index in [9.17, 15) is 4.79 Å². The standard InChI is InChI=1S/C20H27N3O2S.ClH/c1-13(18-14(2)22-25-15(18)3)19(24)23(11-16-4-9-26-12-16)17-10-20(17)5-7-21-8-6-20;/h4,9,12-13,17,21H,5-8,10-11H2,1-3H3;1H. The SMILES string of the molecule is Cc1noc(C)c1C(C)C(=O)N(Cc1ccsc1)C1CC12CCNCC2.Cl. The first-order valence-corrected chi connectivity index (χ1v) is 10.4. The van der Waals surface area contributed by atoms with Crippen LogP contribution in [0, 0.1) is 19.3 Å². The molecule has 0 radical (unpaired) electrons. The average Bonchev–Trinajstić information content (AvgIpc) is 2.99. The number of aromatic nitrogens is 1. The fourth-order valence-corrected chi connectivity index (χ4v) is 5.29. The predicted octanol–water partition coefficient (Wildman–Crippen LogP) is 4.05. The summed E-state index contributed by atoms with van der Waals surface area (Å²) >= 11 is 1.69. The molecule has 1 amide bonds. The van der Waals surface area contributed by atoms with Gasteiger partial charge in [-0.2, -0.15) is 11.3 Å². The Morgan fingerprint density at radius 3 is 2.78 bits per heavy atom. The number of hydrogen-bond donors (Lipinski definition) is 1. The Balaban J connectivity index is 0.00000210. The van der Waals surface area contributed by atoms with Crippen LogP contribution in [0.3, 0.4) is 0 Å². The Bertz CT molecular complexity index is 764. The van der Waals surface area contributed by atoms with Gasteiger partial charge in [-0.3, -0.25) is 4.79 Å². The number of aryl methyl sites for hydroxylation is 2. The summed E-state index contributed by atoms with van der Waals surface area (Å²) in [6, 6.07) is 2.49. The minimum atomic E-state index is -0.223. The van der Waals surface area contributed by atoms with E-state index in [1.807, 2.05) is 20.8 Å². The molecule has 2 aromatic rings. The number of hydrogen-bond acceptors (Lipinski definition) is 5. The smallest absolute Gasteiger partial charge is 0.230 e. The molecule has 2 aromatic heterocycles. The van der Waals surface area contributed by atoms with Crippen LogP contribution in [0.4, 0.5) is 0 Å². The number of piperidine rings is 1. The Labute approximate surface area is 170 Å². The largest absolute Gasteiger partial charge is 0.361 e. The van der Waals surface area contributed by atoms with E-state index in [4.69, 9.17) is 4.52 Å². The molecule has 1 N–H and O–H groups in total. The van der Waals surface area contributed by atoms with Crippen molar-refractivity contribution in [2.24, 2.45) is 5.41 Å². The Morgan fingerprint density at radius 2 is 2.19 bits per heavy atom. The van der Waals surface area contributed by atoms with Crippen LogP contribution in [0.2, 0.25) is 0 Å². The second-order valence-corrected chi connectivity index (χ2v) is 8.67. The first-order chi connectivity index (χ1) is 12.5. The normalized spacial score (nSPS) is 21.5. The van der Waals surface area contributed by atoms with Gasteiger partial charge in [0.1, 0.15) is 5.76 Å². The molecule has 2 atom stereocenters. The highest BCUT2D eigenvalue weighted by molar-refractivity contribution is 7.07. The third-order valence-corrected chi connectivity index (χ3v) is 6.96. The quantitative estimate of drug-likeness (QED) is 0.809. The van der Waals surface area contributed by atoms with Crippen LogP contribution in [0.5, 0.6) is 0 Å². The maximum absolute atomic E-state index is 13.5. The second-order valence-electron chi connectivity index (χ2n) is 7.89. The Morgan fingerprint density at radius 1 is 1.44 bits per heavy atom. The highest BCUT2D eigenvalue weighted by Gasteiger charge is 2.58.